The van der Waals surface area contributed by atoms with Crippen molar-refractivity contribution in [3.8, 4) is 0 Å². The highest BCUT2D eigenvalue weighted by molar-refractivity contribution is 7.92. The number of nitrogens with one attached hydrogen (secondary N) is 1. The van der Waals surface area contributed by atoms with E-state index in [1.54, 1.807) is 25.1 Å². The van der Waals surface area contributed by atoms with Gasteiger partial charge in [-0.1, -0.05) is 71.7 Å². The first-order valence-corrected chi connectivity index (χ1v) is 14.7. The second-order valence-corrected chi connectivity index (χ2v) is 12.8. The molecular weight excluding hydrogens is 557 g/mol. The molecule has 1 unspecified atom stereocenters. The highest BCUT2D eigenvalue weighted by Gasteiger charge is 2.33. The Bertz CT molecular complexity index is 1400. The van der Waals surface area contributed by atoms with Crippen LogP contribution in [0.3, 0.4) is 0 Å². The van der Waals surface area contributed by atoms with Gasteiger partial charge in [0.2, 0.25) is 11.8 Å². The largest absolute Gasteiger partial charge is 0.350 e. The zero-order valence-corrected chi connectivity index (χ0v) is 24.7. The molecule has 3 aromatic carbocycles. The third kappa shape index (κ3) is 8.21. The molecule has 0 aromatic heterocycles. The number of benzene rings is 3. The minimum Gasteiger partial charge on any atom is -0.350 e. The van der Waals surface area contributed by atoms with E-state index in [1.165, 1.54) is 35.2 Å². The van der Waals surface area contributed by atoms with Gasteiger partial charge in [-0.2, -0.15) is 0 Å². The number of amides is 2. The Labute approximate surface area is 240 Å². The topological polar surface area (TPSA) is 86.8 Å². The van der Waals surface area contributed by atoms with Gasteiger partial charge in [-0.25, -0.2) is 8.42 Å². The molecule has 0 fully saturated rings. The monoisotopic (exact) mass is 589 g/mol. The van der Waals surface area contributed by atoms with E-state index in [4.69, 9.17) is 23.2 Å². The SMILES string of the molecule is CC(C(=O)NC(C)(C)C)N(CCc1ccccc1)C(=O)CN(c1ccc(Cl)c(Cl)c1)S(=O)(=O)c1ccccc1. The molecule has 1 atom stereocenters. The molecule has 3 aromatic rings. The number of carbonyl (C=O) groups excluding carboxylic acids is 2. The van der Waals surface area contributed by atoms with Crippen LogP contribution in [0.1, 0.15) is 33.3 Å². The van der Waals surface area contributed by atoms with Crippen molar-refractivity contribution in [2.45, 2.75) is 50.6 Å². The van der Waals surface area contributed by atoms with E-state index < -0.39 is 34.1 Å². The molecule has 0 saturated heterocycles. The average Bonchev–Trinajstić information content (AvgIpc) is 2.89. The van der Waals surface area contributed by atoms with Gasteiger partial charge < -0.3 is 10.2 Å². The highest BCUT2D eigenvalue weighted by atomic mass is 35.5. The quantitative estimate of drug-likeness (QED) is 0.335. The molecule has 0 saturated carbocycles. The van der Waals surface area contributed by atoms with E-state index in [2.05, 4.69) is 5.32 Å². The number of carbonyl (C=O) groups is 2. The number of hydrogen-bond donors (Lipinski definition) is 1. The van der Waals surface area contributed by atoms with Crippen LogP contribution in [0.2, 0.25) is 10.0 Å². The second-order valence-electron chi connectivity index (χ2n) is 10.2. The summed E-state index contributed by atoms with van der Waals surface area (Å²) in [5, 5.41) is 3.31. The van der Waals surface area contributed by atoms with E-state index in [1.807, 2.05) is 51.1 Å². The molecule has 1 N–H and O–H groups in total. The number of anilines is 1. The van der Waals surface area contributed by atoms with Gasteiger partial charge >= 0.3 is 0 Å². The van der Waals surface area contributed by atoms with Crippen LogP contribution in [-0.4, -0.2) is 49.8 Å². The Kier molecular flexibility index (Phi) is 10.0. The van der Waals surface area contributed by atoms with E-state index in [-0.39, 0.29) is 33.1 Å². The van der Waals surface area contributed by atoms with Crippen molar-refractivity contribution in [3.63, 3.8) is 0 Å². The summed E-state index contributed by atoms with van der Waals surface area (Å²) in [6, 6.07) is 20.9. The maximum atomic E-state index is 13.9. The molecule has 0 aliphatic heterocycles. The number of sulfonamides is 1. The summed E-state index contributed by atoms with van der Waals surface area (Å²) in [7, 11) is -4.17. The van der Waals surface area contributed by atoms with Gasteiger partial charge in [0.25, 0.3) is 10.0 Å². The highest BCUT2D eigenvalue weighted by Crippen LogP contribution is 2.30. The van der Waals surface area contributed by atoms with E-state index in [0.29, 0.717) is 6.42 Å². The Balaban J connectivity index is 2.00. The molecule has 0 spiro atoms. The van der Waals surface area contributed by atoms with Crippen molar-refractivity contribution >= 4 is 50.7 Å². The smallest absolute Gasteiger partial charge is 0.264 e. The minimum atomic E-state index is -4.17. The summed E-state index contributed by atoms with van der Waals surface area (Å²) < 4.78 is 28.5. The van der Waals surface area contributed by atoms with Gasteiger partial charge in [0.15, 0.2) is 0 Å². The van der Waals surface area contributed by atoms with Gasteiger partial charge in [0, 0.05) is 12.1 Å². The molecule has 0 aliphatic rings. The van der Waals surface area contributed by atoms with E-state index in [0.717, 1.165) is 9.87 Å². The van der Waals surface area contributed by atoms with Crippen molar-refractivity contribution in [3.05, 3.63) is 94.5 Å². The molecule has 0 aliphatic carbocycles. The van der Waals surface area contributed by atoms with Gasteiger partial charge in [0.1, 0.15) is 12.6 Å². The molecule has 2 amide bonds. The van der Waals surface area contributed by atoms with Crippen LogP contribution in [-0.2, 0) is 26.0 Å². The van der Waals surface area contributed by atoms with Gasteiger partial charge in [-0.15, -0.1) is 0 Å². The summed E-state index contributed by atoms with van der Waals surface area (Å²) in [6.45, 7) is 6.86. The lowest BCUT2D eigenvalue weighted by Gasteiger charge is -2.33. The van der Waals surface area contributed by atoms with Gasteiger partial charge in [-0.05, 0) is 70.0 Å². The first kappa shape index (κ1) is 30.5. The molecule has 0 heterocycles. The first-order chi connectivity index (χ1) is 18.3. The molecule has 0 radical (unpaired) electrons. The summed E-state index contributed by atoms with van der Waals surface area (Å²) in [6.07, 6.45) is 0.484. The van der Waals surface area contributed by atoms with Crippen molar-refractivity contribution < 1.29 is 18.0 Å². The zero-order chi connectivity index (χ0) is 28.8. The Hall–Kier alpha value is -3.07. The van der Waals surface area contributed by atoms with Crippen LogP contribution in [0.25, 0.3) is 0 Å². The van der Waals surface area contributed by atoms with Gasteiger partial charge in [0.05, 0.1) is 20.6 Å². The van der Waals surface area contributed by atoms with Crippen LogP contribution in [0.4, 0.5) is 5.69 Å². The third-order valence-corrected chi connectivity index (χ3v) is 8.48. The Morgan fingerprint density at radius 3 is 2.05 bits per heavy atom. The number of rotatable bonds is 10. The fourth-order valence-corrected chi connectivity index (χ4v) is 5.65. The summed E-state index contributed by atoms with van der Waals surface area (Å²) in [5.41, 5.74) is 0.649. The summed E-state index contributed by atoms with van der Waals surface area (Å²) in [4.78, 5) is 28.4. The fourth-order valence-electron chi connectivity index (χ4n) is 3.93. The normalized spacial score (nSPS) is 12.5. The number of nitrogens with zero attached hydrogens (tertiary/aromatic N) is 2. The van der Waals surface area contributed by atoms with Crippen molar-refractivity contribution in [2.75, 3.05) is 17.4 Å². The summed E-state index contributed by atoms with van der Waals surface area (Å²) in [5.74, 6) is -0.871. The van der Waals surface area contributed by atoms with E-state index >= 15 is 0 Å². The minimum absolute atomic E-state index is 0.0123. The molecule has 208 valence electrons. The lowest BCUT2D eigenvalue weighted by atomic mass is 10.1. The lowest BCUT2D eigenvalue weighted by molar-refractivity contribution is -0.139. The van der Waals surface area contributed by atoms with Crippen LogP contribution in [0.5, 0.6) is 0 Å². The fraction of sp³-hybridized carbons (Fsp3) is 0.310. The maximum absolute atomic E-state index is 13.9. The predicted molar refractivity (Wildman–Crippen MR) is 157 cm³/mol. The molecule has 39 heavy (non-hydrogen) atoms. The first-order valence-electron chi connectivity index (χ1n) is 12.5. The van der Waals surface area contributed by atoms with Crippen LogP contribution in [0, 0.1) is 0 Å². The average molecular weight is 591 g/mol. The van der Waals surface area contributed by atoms with Crippen molar-refractivity contribution in [1.82, 2.24) is 10.2 Å². The molecule has 10 heteroatoms. The van der Waals surface area contributed by atoms with E-state index in [9.17, 15) is 18.0 Å². The predicted octanol–water partition coefficient (Wildman–Crippen LogP) is 5.56. The Morgan fingerprint density at radius 1 is 0.897 bits per heavy atom. The van der Waals surface area contributed by atoms with Gasteiger partial charge in [-0.3, -0.25) is 13.9 Å². The summed E-state index contributed by atoms with van der Waals surface area (Å²) >= 11 is 12.3. The van der Waals surface area contributed by atoms with Crippen LogP contribution in [0.15, 0.2) is 83.8 Å². The standard InChI is InChI=1S/C29H33Cl2N3O4S/c1-21(28(36)32-29(2,3)4)33(18-17-22-11-7-5-8-12-22)27(35)20-34(23-15-16-25(30)26(31)19-23)39(37,38)24-13-9-6-10-14-24/h5-16,19,21H,17-18,20H2,1-4H3,(H,32,36). The van der Waals surface area contributed by atoms with Crippen LogP contribution < -0.4 is 9.62 Å². The number of hydrogen-bond acceptors (Lipinski definition) is 4. The molecule has 7 nitrogen and oxygen atoms in total. The molecule has 3 rings (SSSR count). The Morgan fingerprint density at radius 2 is 1.49 bits per heavy atom. The third-order valence-electron chi connectivity index (χ3n) is 5.95. The number of halogens is 2. The van der Waals surface area contributed by atoms with Crippen LogP contribution >= 0.6 is 23.2 Å². The zero-order valence-electron chi connectivity index (χ0n) is 22.4. The lowest BCUT2D eigenvalue weighted by Crippen LogP contribution is -2.55. The maximum Gasteiger partial charge on any atom is 0.264 e. The second kappa shape index (κ2) is 12.9. The van der Waals surface area contributed by atoms with Crippen molar-refractivity contribution in [1.29, 1.82) is 0 Å². The molecular formula is C29H33Cl2N3O4S. The molecule has 0 bridgehead atoms. The van der Waals surface area contributed by atoms with Crippen molar-refractivity contribution in [2.24, 2.45) is 0 Å².